The molecule has 0 rings (SSSR count). The Morgan fingerprint density at radius 2 is 1.43 bits per heavy atom. The van der Waals surface area contributed by atoms with Crippen molar-refractivity contribution in [1.82, 2.24) is 0 Å². The normalized spacial score (nSPS) is 13.6. The molecule has 0 radical (unpaired) electrons. The van der Waals surface area contributed by atoms with Crippen LogP contribution in [0.4, 0.5) is 0 Å². The lowest BCUT2D eigenvalue weighted by Crippen LogP contribution is -2.24. The summed E-state index contributed by atoms with van der Waals surface area (Å²) in [5, 5.41) is 27.4. The van der Waals surface area contributed by atoms with Crippen LogP contribution in [0.3, 0.4) is 0 Å². The number of hydrogen-bond donors (Lipinski definition) is 3. The molecule has 5 nitrogen and oxygen atoms in total. The number of aliphatic hydroxyl groups excluding tert-OH is 1. The number of aliphatic hydroxyl groups is 1. The molecule has 0 saturated heterocycles. The van der Waals surface area contributed by atoms with E-state index in [1.165, 1.54) is 69.5 Å². The lowest BCUT2D eigenvalue weighted by molar-refractivity contribution is -0.139. The molecular weight excluding hydrogens is 376 g/mol. The van der Waals surface area contributed by atoms with Gasteiger partial charge in [-0.2, -0.15) is 11.8 Å². The largest absolute Gasteiger partial charge is 0.481 e. The highest BCUT2D eigenvalue weighted by Crippen LogP contribution is 2.21. The van der Waals surface area contributed by atoms with E-state index in [-0.39, 0.29) is 18.1 Å². The zero-order valence-corrected chi connectivity index (χ0v) is 18.3. The molecule has 164 valence electrons. The molecule has 0 amide bonds. The van der Waals surface area contributed by atoms with Crippen LogP contribution < -0.4 is 0 Å². The Hall–Kier alpha value is -1.01. The van der Waals surface area contributed by atoms with E-state index >= 15 is 0 Å². The lowest BCUT2D eigenvalue weighted by atomic mass is 10.1. The molecule has 0 aliphatic rings. The van der Waals surface area contributed by atoms with E-state index in [1.54, 1.807) is 0 Å². The fourth-order valence-corrected chi connectivity index (χ4v) is 4.14. The molecule has 0 fully saturated rings. The summed E-state index contributed by atoms with van der Waals surface area (Å²) in [6.45, 7) is 2.24. The van der Waals surface area contributed by atoms with E-state index in [0.717, 1.165) is 12.8 Å². The minimum Gasteiger partial charge on any atom is -0.481 e. The standard InChI is InChI=1S/C22H40O5S/c1-2-3-4-5-6-7-8-9-10-11-12-13-15-20(19(23)18-22(26)27)28-17-14-16-21(24)25/h13,15,19-20,23H,2-12,14,16-18H2,1H3,(H,24,25)(H,26,27)/b15-13-. The molecule has 2 atom stereocenters. The van der Waals surface area contributed by atoms with Gasteiger partial charge in [0.1, 0.15) is 0 Å². The van der Waals surface area contributed by atoms with Crippen LogP contribution in [0.15, 0.2) is 12.2 Å². The van der Waals surface area contributed by atoms with Gasteiger partial charge < -0.3 is 15.3 Å². The lowest BCUT2D eigenvalue weighted by Gasteiger charge is -2.18. The summed E-state index contributed by atoms with van der Waals surface area (Å²) in [5.74, 6) is -1.26. The van der Waals surface area contributed by atoms with Crippen molar-refractivity contribution in [2.45, 2.75) is 108 Å². The van der Waals surface area contributed by atoms with Gasteiger partial charge in [0, 0.05) is 11.7 Å². The van der Waals surface area contributed by atoms with Crippen molar-refractivity contribution in [3.05, 3.63) is 12.2 Å². The molecule has 0 bridgehead atoms. The fraction of sp³-hybridized carbons (Fsp3) is 0.818. The highest BCUT2D eigenvalue weighted by molar-refractivity contribution is 8.00. The first-order valence-corrected chi connectivity index (χ1v) is 11.9. The van der Waals surface area contributed by atoms with Gasteiger partial charge in [-0.1, -0.05) is 76.9 Å². The molecule has 28 heavy (non-hydrogen) atoms. The average molecular weight is 417 g/mol. The number of allylic oxidation sites excluding steroid dienone is 1. The second kappa shape index (κ2) is 19.3. The summed E-state index contributed by atoms with van der Waals surface area (Å²) < 4.78 is 0. The van der Waals surface area contributed by atoms with Crippen LogP contribution in [-0.4, -0.2) is 44.4 Å². The van der Waals surface area contributed by atoms with E-state index in [4.69, 9.17) is 10.2 Å². The van der Waals surface area contributed by atoms with Crippen molar-refractivity contribution in [3.63, 3.8) is 0 Å². The minimum atomic E-state index is -1.02. The predicted molar refractivity (Wildman–Crippen MR) is 117 cm³/mol. The van der Waals surface area contributed by atoms with Gasteiger partial charge in [-0.05, 0) is 25.0 Å². The Kier molecular flexibility index (Phi) is 18.6. The molecule has 0 aromatic carbocycles. The zero-order chi connectivity index (χ0) is 21.0. The maximum Gasteiger partial charge on any atom is 0.306 e. The van der Waals surface area contributed by atoms with Crippen LogP contribution in [-0.2, 0) is 9.59 Å². The third-order valence-electron chi connectivity index (χ3n) is 4.66. The van der Waals surface area contributed by atoms with Gasteiger partial charge in [0.05, 0.1) is 12.5 Å². The summed E-state index contributed by atoms with van der Waals surface area (Å²) in [6.07, 6.45) is 17.2. The van der Waals surface area contributed by atoms with Gasteiger partial charge in [-0.25, -0.2) is 0 Å². The third kappa shape index (κ3) is 18.4. The second-order valence-corrected chi connectivity index (χ2v) is 8.68. The Bertz CT molecular complexity index is 425. The van der Waals surface area contributed by atoms with E-state index in [0.29, 0.717) is 12.2 Å². The topological polar surface area (TPSA) is 94.8 Å². The molecule has 2 unspecified atom stereocenters. The molecule has 0 aliphatic heterocycles. The number of thioether (sulfide) groups is 1. The van der Waals surface area contributed by atoms with E-state index in [2.05, 4.69) is 6.92 Å². The number of carboxylic acids is 2. The molecule has 0 saturated carbocycles. The zero-order valence-electron chi connectivity index (χ0n) is 17.5. The van der Waals surface area contributed by atoms with Gasteiger partial charge in [0.25, 0.3) is 0 Å². The SMILES string of the molecule is CCCCCCCCCCCC/C=C\C(SCCCC(=O)O)C(O)CC(=O)O. The van der Waals surface area contributed by atoms with Crippen LogP contribution in [0.2, 0.25) is 0 Å². The van der Waals surface area contributed by atoms with E-state index in [1.807, 2.05) is 12.2 Å². The summed E-state index contributed by atoms with van der Waals surface area (Å²) in [5.41, 5.74) is 0. The first-order valence-electron chi connectivity index (χ1n) is 10.9. The van der Waals surface area contributed by atoms with Crippen LogP contribution in [0.25, 0.3) is 0 Å². The minimum absolute atomic E-state index is 0.0943. The molecule has 6 heteroatoms. The van der Waals surface area contributed by atoms with Crippen molar-refractivity contribution < 1.29 is 24.9 Å². The van der Waals surface area contributed by atoms with Crippen molar-refractivity contribution >= 4 is 23.7 Å². The first-order chi connectivity index (χ1) is 13.5. The Morgan fingerprint density at radius 3 is 1.96 bits per heavy atom. The van der Waals surface area contributed by atoms with Gasteiger partial charge >= 0.3 is 11.9 Å². The number of carboxylic acid groups (broad SMARTS) is 2. The number of hydrogen-bond acceptors (Lipinski definition) is 4. The summed E-state index contributed by atoms with van der Waals surface area (Å²) in [6, 6.07) is 0. The van der Waals surface area contributed by atoms with Crippen LogP contribution in [0, 0.1) is 0 Å². The highest BCUT2D eigenvalue weighted by Gasteiger charge is 2.19. The maximum atomic E-state index is 10.8. The van der Waals surface area contributed by atoms with Crippen LogP contribution >= 0.6 is 11.8 Å². The summed E-state index contributed by atoms with van der Waals surface area (Å²) in [7, 11) is 0. The van der Waals surface area contributed by atoms with Gasteiger partial charge in [-0.3, -0.25) is 9.59 Å². The predicted octanol–water partition coefficient (Wildman–Crippen LogP) is 5.66. The Morgan fingerprint density at radius 1 is 0.857 bits per heavy atom. The smallest absolute Gasteiger partial charge is 0.306 e. The Balaban J connectivity index is 3.94. The molecular formula is C22H40O5S. The fourth-order valence-electron chi connectivity index (χ4n) is 3.01. The first kappa shape index (κ1) is 27.0. The molecule has 0 aromatic rings. The van der Waals surface area contributed by atoms with Crippen LogP contribution in [0.1, 0.15) is 96.8 Å². The monoisotopic (exact) mass is 416 g/mol. The molecule has 0 spiro atoms. The number of rotatable bonds is 20. The highest BCUT2D eigenvalue weighted by atomic mass is 32.2. The van der Waals surface area contributed by atoms with E-state index in [9.17, 15) is 14.7 Å². The average Bonchev–Trinajstić information content (AvgIpc) is 2.63. The summed E-state index contributed by atoms with van der Waals surface area (Å²) in [4.78, 5) is 21.4. The Labute approximate surface area is 175 Å². The maximum absolute atomic E-state index is 10.8. The number of carbonyl (C=O) groups is 2. The van der Waals surface area contributed by atoms with Crippen molar-refractivity contribution in [1.29, 1.82) is 0 Å². The van der Waals surface area contributed by atoms with Gasteiger partial charge in [-0.15, -0.1) is 0 Å². The van der Waals surface area contributed by atoms with Gasteiger partial charge in [0.2, 0.25) is 0 Å². The van der Waals surface area contributed by atoms with E-state index < -0.39 is 18.0 Å². The number of aliphatic carboxylic acids is 2. The van der Waals surface area contributed by atoms with Crippen molar-refractivity contribution in [3.8, 4) is 0 Å². The number of unbranched alkanes of at least 4 members (excludes halogenated alkanes) is 10. The quantitative estimate of drug-likeness (QED) is 0.175. The summed E-state index contributed by atoms with van der Waals surface area (Å²) >= 11 is 1.43. The molecule has 3 N–H and O–H groups in total. The van der Waals surface area contributed by atoms with Gasteiger partial charge in [0.15, 0.2) is 0 Å². The molecule has 0 aliphatic carbocycles. The third-order valence-corrected chi connectivity index (χ3v) is 6.04. The molecule has 0 heterocycles. The second-order valence-electron chi connectivity index (χ2n) is 7.40. The molecule has 0 aromatic heterocycles. The van der Waals surface area contributed by atoms with Crippen molar-refractivity contribution in [2.24, 2.45) is 0 Å². The van der Waals surface area contributed by atoms with Crippen molar-refractivity contribution in [2.75, 3.05) is 5.75 Å². The van der Waals surface area contributed by atoms with Crippen LogP contribution in [0.5, 0.6) is 0 Å².